The van der Waals surface area contributed by atoms with E-state index in [1.54, 1.807) is 36.4 Å². The Morgan fingerprint density at radius 1 is 0.963 bits per heavy atom. The molecule has 0 unspecified atom stereocenters. The van der Waals surface area contributed by atoms with Gasteiger partial charge in [-0.2, -0.15) is 0 Å². The molecule has 27 heavy (non-hydrogen) atoms. The van der Waals surface area contributed by atoms with Crippen molar-refractivity contribution in [2.75, 3.05) is 12.4 Å². The molecule has 0 atom stereocenters. The second kappa shape index (κ2) is 8.58. The Morgan fingerprint density at radius 2 is 1.74 bits per heavy atom. The monoisotopic (exact) mass is 361 g/mol. The lowest BCUT2D eigenvalue weighted by Gasteiger charge is -2.08. The molecule has 0 heterocycles. The standard InChI is InChI=1S/C22H19NO4/c1-26-21-12-10-16(14-20(21)24)11-13-22(25)23-17-6-5-9-19(15-17)27-18-7-3-2-4-8-18/h2-15,24H,1H3,(H,23,25)/b13-11+. The molecule has 0 bridgehead atoms. The zero-order valence-corrected chi connectivity index (χ0v) is 14.8. The maximum atomic E-state index is 12.1. The summed E-state index contributed by atoms with van der Waals surface area (Å²) in [4.78, 5) is 12.1. The molecule has 0 aliphatic rings. The molecule has 1 amide bonds. The van der Waals surface area contributed by atoms with E-state index in [1.165, 1.54) is 19.3 Å². The highest BCUT2D eigenvalue weighted by molar-refractivity contribution is 6.02. The molecule has 136 valence electrons. The first-order valence-corrected chi connectivity index (χ1v) is 8.33. The van der Waals surface area contributed by atoms with Crippen LogP contribution in [0.3, 0.4) is 0 Å². The van der Waals surface area contributed by atoms with Crippen LogP contribution >= 0.6 is 0 Å². The zero-order valence-electron chi connectivity index (χ0n) is 14.8. The molecule has 2 N–H and O–H groups in total. The molecular weight excluding hydrogens is 342 g/mol. The van der Waals surface area contributed by atoms with Crippen LogP contribution in [-0.2, 0) is 4.79 Å². The Hall–Kier alpha value is -3.73. The number of ether oxygens (including phenoxy) is 2. The lowest BCUT2D eigenvalue weighted by atomic mass is 10.2. The molecule has 0 spiro atoms. The third-order valence-corrected chi connectivity index (χ3v) is 3.71. The van der Waals surface area contributed by atoms with Crippen molar-refractivity contribution >= 4 is 17.7 Å². The molecule has 5 heteroatoms. The molecular formula is C22H19NO4. The number of hydrogen-bond acceptors (Lipinski definition) is 4. The average molecular weight is 361 g/mol. The predicted octanol–water partition coefficient (Wildman–Crippen LogP) is 4.85. The van der Waals surface area contributed by atoms with E-state index in [4.69, 9.17) is 9.47 Å². The van der Waals surface area contributed by atoms with Crippen LogP contribution in [0, 0.1) is 0 Å². The molecule has 3 rings (SSSR count). The Balaban J connectivity index is 1.64. The fourth-order valence-corrected chi connectivity index (χ4v) is 2.43. The number of amides is 1. The number of rotatable bonds is 6. The van der Waals surface area contributed by atoms with Crippen molar-refractivity contribution in [1.29, 1.82) is 0 Å². The molecule has 0 radical (unpaired) electrons. The molecule has 0 saturated carbocycles. The van der Waals surface area contributed by atoms with Gasteiger partial charge in [-0.25, -0.2) is 0 Å². The number of phenols is 1. The van der Waals surface area contributed by atoms with Crippen molar-refractivity contribution in [3.63, 3.8) is 0 Å². The van der Waals surface area contributed by atoms with Gasteiger partial charge in [0.1, 0.15) is 11.5 Å². The van der Waals surface area contributed by atoms with Crippen LogP contribution in [0.2, 0.25) is 0 Å². The van der Waals surface area contributed by atoms with Crippen LogP contribution in [0.4, 0.5) is 5.69 Å². The van der Waals surface area contributed by atoms with E-state index in [-0.39, 0.29) is 11.7 Å². The minimum absolute atomic E-state index is 0.0193. The van der Waals surface area contributed by atoms with E-state index in [9.17, 15) is 9.90 Å². The zero-order chi connectivity index (χ0) is 19.1. The van der Waals surface area contributed by atoms with Gasteiger partial charge in [0.2, 0.25) is 5.91 Å². The number of nitrogens with one attached hydrogen (secondary N) is 1. The highest BCUT2D eigenvalue weighted by Gasteiger charge is 2.03. The second-order valence-corrected chi connectivity index (χ2v) is 5.70. The van der Waals surface area contributed by atoms with Crippen LogP contribution in [0.5, 0.6) is 23.0 Å². The van der Waals surface area contributed by atoms with E-state index in [1.807, 2.05) is 36.4 Å². The topological polar surface area (TPSA) is 67.8 Å². The average Bonchev–Trinajstić information content (AvgIpc) is 2.67. The first-order chi connectivity index (χ1) is 13.1. The first-order valence-electron chi connectivity index (χ1n) is 8.33. The molecule has 3 aromatic carbocycles. The number of anilines is 1. The molecule has 0 aliphatic heterocycles. The summed E-state index contributed by atoms with van der Waals surface area (Å²) in [6, 6.07) is 21.5. The minimum atomic E-state index is -0.290. The lowest BCUT2D eigenvalue weighted by Crippen LogP contribution is -2.07. The summed E-state index contributed by atoms with van der Waals surface area (Å²) in [6.07, 6.45) is 3.00. The van der Waals surface area contributed by atoms with Crippen LogP contribution in [0.25, 0.3) is 6.08 Å². The first kappa shape index (κ1) is 18.1. The fraction of sp³-hybridized carbons (Fsp3) is 0.0455. The van der Waals surface area contributed by atoms with E-state index >= 15 is 0 Å². The van der Waals surface area contributed by atoms with Crippen molar-refractivity contribution in [3.05, 3.63) is 84.4 Å². The van der Waals surface area contributed by atoms with Crippen LogP contribution in [0.15, 0.2) is 78.9 Å². The van der Waals surface area contributed by atoms with Crippen molar-refractivity contribution < 1.29 is 19.4 Å². The summed E-state index contributed by atoms with van der Waals surface area (Å²) in [6.45, 7) is 0. The highest BCUT2D eigenvalue weighted by atomic mass is 16.5. The summed E-state index contributed by atoms with van der Waals surface area (Å²) >= 11 is 0. The van der Waals surface area contributed by atoms with Crippen molar-refractivity contribution in [2.45, 2.75) is 0 Å². The van der Waals surface area contributed by atoms with Gasteiger partial charge in [-0.1, -0.05) is 30.3 Å². The third-order valence-electron chi connectivity index (χ3n) is 3.71. The van der Waals surface area contributed by atoms with Gasteiger partial charge in [0.15, 0.2) is 11.5 Å². The molecule has 0 fully saturated rings. The number of carbonyl (C=O) groups excluding carboxylic acids is 1. The maximum Gasteiger partial charge on any atom is 0.248 e. The summed E-state index contributed by atoms with van der Waals surface area (Å²) in [5, 5.41) is 12.6. The smallest absolute Gasteiger partial charge is 0.248 e. The van der Waals surface area contributed by atoms with Crippen LogP contribution in [-0.4, -0.2) is 18.1 Å². The summed E-state index contributed by atoms with van der Waals surface area (Å²) < 4.78 is 10.7. The number of hydrogen-bond donors (Lipinski definition) is 2. The molecule has 0 saturated heterocycles. The van der Waals surface area contributed by atoms with Gasteiger partial charge in [-0.3, -0.25) is 4.79 Å². The Kier molecular flexibility index (Phi) is 5.74. The Bertz CT molecular complexity index is 952. The third kappa shape index (κ3) is 5.12. The van der Waals surface area contributed by atoms with E-state index in [2.05, 4.69) is 5.32 Å². The molecule has 0 aromatic heterocycles. The Morgan fingerprint density at radius 3 is 2.48 bits per heavy atom. The SMILES string of the molecule is COc1ccc(/C=C/C(=O)Nc2cccc(Oc3ccccc3)c2)cc1O. The molecule has 0 aliphatic carbocycles. The minimum Gasteiger partial charge on any atom is -0.504 e. The Labute approximate surface area is 157 Å². The van der Waals surface area contributed by atoms with Crippen molar-refractivity contribution in [1.82, 2.24) is 0 Å². The highest BCUT2D eigenvalue weighted by Crippen LogP contribution is 2.27. The van der Waals surface area contributed by atoms with Crippen LogP contribution < -0.4 is 14.8 Å². The van der Waals surface area contributed by atoms with Gasteiger partial charge in [-0.15, -0.1) is 0 Å². The van der Waals surface area contributed by atoms with Crippen molar-refractivity contribution in [2.24, 2.45) is 0 Å². The summed E-state index contributed by atoms with van der Waals surface area (Å²) in [7, 11) is 1.48. The summed E-state index contributed by atoms with van der Waals surface area (Å²) in [5.41, 5.74) is 1.31. The number of para-hydroxylation sites is 1. The predicted molar refractivity (Wildman–Crippen MR) is 105 cm³/mol. The maximum absolute atomic E-state index is 12.1. The van der Waals surface area contributed by atoms with Crippen LogP contribution in [0.1, 0.15) is 5.56 Å². The normalized spacial score (nSPS) is 10.6. The van der Waals surface area contributed by atoms with Gasteiger partial charge < -0.3 is 19.9 Å². The summed E-state index contributed by atoms with van der Waals surface area (Å²) in [5.74, 6) is 1.46. The van der Waals surface area contributed by atoms with E-state index in [0.29, 0.717) is 22.7 Å². The number of benzene rings is 3. The number of methoxy groups -OCH3 is 1. The van der Waals surface area contributed by atoms with Crippen molar-refractivity contribution in [3.8, 4) is 23.0 Å². The van der Waals surface area contributed by atoms with Gasteiger partial charge in [-0.05, 0) is 48.0 Å². The fourth-order valence-electron chi connectivity index (χ4n) is 2.43. The quantitative estimate of drug-likeness (QED) is 0.616. The number of aromatic hydroxyl groups is 1. The van der Waals surface area contributed by atoms with Gasteiger partial charge in [0.05, 0.1) is 7.11 Å². The van der Waals surface area contributed by atoms with Gasteiger partial charge >= 0.3 is 0 Å². The number of phenolic OH excluding ortho intramolecular Hbond substituents is 1. The van der Waals surface area contributed by atoms with Gasteiger partial charge in [0.25, 0.3) is 0 Å². The molecule has 3 aromatic rings. The van der Waals surface area contributed by atoms with Gasteiger partial charge in [0, 0.05) is 17.8 Å². The number of carbonyl (C=O) groups is 1. The van der Waals surface area contributed by atoms with E-state index in [0.717, 1.165) is 5.75 Å². The van der Waals surface area contributed by atoms with E-state index < -0.39 is 0 Å². The second-order valence-electron chi connectivity index (χ2n) is 5.70. The lowest BCUT2D eigenvalue weighted by molar-refractivity contribution is -0.111. The molecule has 5 nitrogen and oxygen atoms in total. The largest absolute Gasteiger partial charge is 0.504 e.